The van der Waals surface area contributed by atoms with Crippen molar-refractivity contribution in [1.82, 2.24) is 9.97 Å². The van der Waals surface area contributed by atoms with Gasteiger partial charge in [-0.1, -0.05) is 18.2 Å². The van der Waals surface area contributed by atoms with Gasteiger partial charge in [0.25, 0.3) is 0 Å². The van der Waals surface area contributed by atoms with Gasteiger partial charge in [0.1, 0.15) is 5.01 Å². The van der Waals surface area contributed by atoms with Crippen molar-refractivity contribution in [2.24, 2.45) is 0 Å². The maximum absolute atomic E-state index is 5.63. The summed E-state index contributed by atoms with van der Waals surface area (Å²) in [5.41, 5.74) is 7.46. The number of anilines is 5. The molecule has 0 unspecified atom stereocenters. The van der Waals surface area contributed by atoms with Crippen LogP contribution < -0.4 is 19.4 Å². The molecule has 0 saturated carbocycles. The first-order valence-electron chi connectivity index (χ1n) is 12.4. The summed E-state index contributed by atoms with van der Waals surface area (Å²) < 4.78 is 5.63. The van der Waals surface area contributed by atoms with Crippen LogP contribution in [0, 0.1) is 0 Å². The van der Waals surface area contributed by atoms with Gasteiger partial charge in [-0.3, -0.25) is 4.98 Å². The lowest BCUT2D eigenvalue weighted by atomic mass is 10.1. The molecule has 0 amide bonds. The van der Waals surface area contributed by atoms with Gasteiger partial charge < -0.3 is 19.4 Å². The average Bonchev–Trinajstić information content (AvgIpc) is 3.39. The fraction of sp³-hybridized carbons (Fsp3) is 0.161. The molecule has 0 radical (unpaired) electrons. The van der Waals surface area contributed by atoms with Crippen LogP contribution in [0.1, 0.15) is 0 Å². The molecule has 2 heterocycles. The van der Waals surface area contributed by atoms with Gasteiger partial charge >= 0.3 is 0 Å². The Kier molecular flexibility index (Phi) is 7.29. The van der Waals surface area contributed by atoms with Gasteiger partial charge in [-0.15, -0.1) is 11.3 Å². The number of hydrogen-bond donors (Lipinski definition) is 0. The molecule has 5 rings (SSSR count). The van der Waals surface area contributed by atoms with Gasteiger partial charge in [-0.25, -0.2) is 0 Å². The second-order valence-corrected chi connectivity index (χ2v) is 10.3. The SMILES string of the molecule is COc1nc(-c2ccccn2)sc1-c1ccc(N(c2ccc(N(C)C)cc2)c2ccc(N(C)C)cc2)cc1. The molecule has 6 nitrogen and oxygen atoms in total. The van der Waals surface area contributed by atoms with Gasteiger partial charge in [0.05, 0.1) is 17.7 Å². The van der Waals surface area contributed by atoms with Gasteiger partial charge in [0.15, 0.2) is 0 Å². The first-order chi connectivity index (χ1) is 18.4. The molecular formula is C31H31N5OS. The Hall–Kier alpha value is -4.36. The zero-order chi connectivity index (χ0) is 26.6. The van der Waals surface area contributed by atoms with Crippen molar-refractivity contribution in [1.29, 1.82) is 0 Å². The summed E-state index contributed by atoms with van der Waals surface area (Å²) in [6.45, 7) is 0. The third kappa shape index (κ3) is 5.19. The fourth-order valence-electron chi connectivity index (χ4n) is 4.23. The second-order valence-electron chi connectivity index (χ2n) is 9.28. The molecule has 0 N–H and O–H groups in total. The molecule has 3 aromatic carbocycles. The third-order valence-corrected chi connectivity index (χ3v) is 7.42. The largest absolute Gasteiger partial charge is 0.480 e. The monoisotopic (exact) mass is 521 g/mol. The predicted molar refractivity (Wildman–Crippen MR) is 161 cm³/mol. The summed E-state index contributed by atoms with van der Waals surface area (Å²) >= 11 is 1.58. The highest BCUT2D eigenvalue weighted by Gasteiger charge is 2.18. The Balaban J connectivity index is 1.53. The lowest BCUT2D eigenvalue weighted by molar-refractivity contribution is 0.402. The summed E-state index contributed by atoms with van der Waals surface area (Å²) in [4.78, 5) is 16.6. The van der Waals surface area contributed by atoms with Crippen LogP contribution in [0.2, 0.25) is 0 Å². The molecule has 0 aliphatic carbocycles. The van der Waals surface area contributed by atoms with E-state index in [1.807, 2.05) is 18.2 Å². The standard InChI is InChI=1S/C31H31N5OS/c1-34(2)23-13-17-26(18-14-23)36(27-19-15-24(16-20-27)35(3)4)25-11-9-22(10-12-25)29-30(37-5)33-31(38-29)28-8-6-7-21-32-28/h6-21H,1-5H3. The van der Waals surface area contributed by atoms with Crippen molar-refractivity contribution in [3.63, 3.8) is 0 Å². The van der Waals surface area contributed by atoms with E-state index in [1.54, 1.807) is 24.6 Å². The van der Waals surface area contributed by atoms with Crippen molar-refractivity contribution < 1.29 is 4.74 Å². The van der Waals surface area contributed by atoms with E-state index in [9.17, 15) is 0 Å². The molecule has 7 heteroatoms. The van der Waals surface area contributed by atoms with E-state index in [0.717, 1.165) is 49.6 Å². The number of pyridine rings is 1. The summed E-state index contributed by atoms with van der Waals surface area (Å²) in [5.74, 6) is 0.610. The Morgan fingerprint density at radius 3 is 1.58 bits per heavy atom. The Morgan fingerprint density at radius 1 is 0.632 bits per heavy atom. The number of thiazole rings is 1. The van der Waals surface area contributed by atoms with Crippen LogP contribution in [0.3, 0.4) is 0 Å². The van der Waals surface area contributed by atoms with Crippen LogP contribution in [0.4, 0.5) is 28.4 Å². The van der Waals surface area contributed by atoms with Gasteiger partial charge in [-0.05, 0) is 78.4 Å². The first-order valence-corrected chi connectivity index (χ1v) is 13.2. The molecule has 0 fully saturated rings. The van der Waals surface area contributed by atoms with E-state index >= 15 is 0 Å². The number of aromatic nitrogens is 2. The smallest absolute Gasteiger partial charge is 0.232 e. The van der Waals surface area contributed by atoms with Crippen LogP contribution in [-0.4, -0.2) is 45.3 Å². The van der Waals surface area contributed by atoms with Crippen LogP contribution in [0.5, 0.6) is 5.88 Å². The highest BCUT2D eigenvalue weighted by atomic mass is 32.1. The maximum Gasteiger partial charge on any atom is 0.232 e. The molecule has 5 aromatic rings. The fourth-order valence-corrected chi connectivity index (χ4v) is 5.25. The Labute approximate surface area is 228 Å². The number of benzene rings is 3. The summed E-state index contributed by atoms with van der Waals surface area (Å²) in [5, 5.41) is 0.838. The average molecular weight is 522 g/mol. The van der Waals surface area contributed by atoms with Crippen molar-refractivity contribution >= 4 is 39.8 Å². The quantitative estimate of drug-likeness (QED) is 0.211. The van der Waals surface area contributed by atoms with Crippen molar-refractivity contribution in [2.75, 3.05) is 50.0 Å². The molecule has 192 valence electrons. The molecule has 0 spiro atoms. The van der Waals surface area contributed by atoms with Gasteiger partial charge in [0, 0.05) is 62.8 Å². The van der Waals surface area contributed by atoms with Gasteiger partial charge in [0.2, 0.25) is 5.88 Å². The van der Waals surface area contributed by atoms with E-state index in [1.165, 1.54) is 0 Å². The minimum absolute atomic E-state index is 0.610. The van der Waals surface area contributed by atoms with Crippen molar-refractivity contribution in [3.8, 4) is 27.0 Å². The lowest BCUT2D eigenvalue weighted by Crippen LogP contribution is -2.12. The van der Waals surface area contributed by atoms with E-state index in [-0.39, 0.29) is 0 Å². The van der Waals surface area contributed by atoms with Crippen molar-refractivity contribution in [2.45, 2.75) is 0 Å². The predicted octanol–water partition coefficient (Wildman–Crippen LogP) is 7.48. The highest BCUT2D eigenvalue weighted by Crippen LogP contribution is 2.41. The highest BCUT2D eigenvalue weighted by molar-refractivity contribution is 7.18. The normalized spacial score (nSPS) is 10.8. The van der Waals surface area contributed by atoms with E-state index in [0.29, 0.717) is 5.88 Å². The summed E-state index contributed by atoms with van der Waals surface area (Å²) in [6, 6.07) is 31.6. The topological polar surface area (TPSA) is 44.7 Å². The number of nitrogens with zero attached hydrogens (tertiary/aromatic N) is 5. The molecule has 2 aromatic heterocycles. The first kappa shape index (κ1) is 25.3. The van der Waals surface area contributed by atoms with Crippen LogP contribution in [0.25, 0.3) is 21.1 Å². The number of rotatable bonds is 8. The lowest BCUT2D eigenvalue weighted by Gasteiger charge is -2.27. The third-order valence-electron chi connectivity index (χ3n) is 6.31. The van der Waals surface area contributed by atoms with Crippen LogP contribution in [-0.2, 0) is 0 Å². The zero-order valence-corrected chi connectivity index (χ0v) is 23.1. The molecule has 38 heavy (non-hydrogen) atoms. The van der Waals surface area contributed by atoms with Gasteiger partial charge in [-0.2, -0.15) is 4.98 Å². The van der Waals surface area contributed by atoms with Crippen LogP contribution >= 0.6 is 11.3 Å². The molecule has 0 saturated heterocycles. The Bertz CT molecular complexity index is 1430. The number of methoxy groups -OCH3 is 1. The molecule has 0 bridgehead atoms. The molecule has 0 aliphatic rings. The summed E-state index contributed by atoms with van der Waals surface area (Å²) in [7, 11) is 9.87. The van der Waals surface area contributed by atoms with E-state index in [2.05, 4.69) is 126 Å². The minimum Gasteiger partial charge on any atom is -0.480 e. The number of hydrogen-bond acceptors (Lipinski definition) is 7. The second kappa shape index (κ2) is 10.9. The van der Waals surface area contributed by atoms with Crippen LogP contribution in [0.15, 0.2) is 97.2 Å². The number of ether oxygens (including phenoxy) is 1. The molecule has 0 atom stereocenters. The minimum atomic E-state index is 0.610. The summed E-state index contributed by atoms with van der Waals surface area (Å²) in [6.07, 6.45) is 1.78. The molecule has 0 aliphatic heterocycles. The zero-order valence-electron chi connectivity index (χ0n) is 22.3. The van der Waals surface area contributed by atoms with E-state index < -0.39 is 0 Å². The Morgan fingerprint density at radius 2 is 1.13 bits per heavy atom. The van der Waals surface area contributed by atoms with E-state index in [4.69, 9.17) is 4.74 Å². The maximum atomic E-state index is 5.63. The molecular weight excluding hydrogens is 490 g/mol. The van der Waals surface area contributed by atoms with Crippen molar-refractivity contribution in [3.05, 3.63) is 97.2 Å².